The molecule has 21 heavy (non-hydrogen) atoms. The average molecular weight is 308 g/mol. The Morgan fingerprint density at radius 1 is 0.762 bits per heavy atom. The number of aliphatic hydroxyl groups excluding tert-OH is 3. The summed E-state index contributed by atoms with van der Waals surface area (Å²) in [5.41, 5.74) is -1.44. The van der Waals surface area contributed by atoms with E-state index in [4.69, 9.17) is 14.2 Å². The lowest BCUT2D eigenvalue weighted by Crippen LogP contribution is -2.69. The molecule has 6 nitrogen and oxygen atoms in total. The van der Waals surface area contributed by atoms with Crippen LogP contribution in [0, 0.1) is 5.41 Å². The molecule has 3 unspecified atom stereocenters. The molecule has 0 saturated carbocycles. The molecule has 0 heterocycles. The highest BCUT2D eigenvalue weighted by molar-refractivity contribution is 5.05. The van der Waals surface area contributed by atoms with Crippen molar-refractivity contribution >= 4 is 0 Å². The van der Waals surface area contributed by atoms with E-state index in [0.717, 1.165) is 0 Å². The fraction of sp³-hybridized carbons (Fsp3) is 1.00. The maximum Gasteiger partial charge on any atom is 0.205 e. The first-order valence-corrected chi connectivity index (χ1v) is 7.66. The van der Waals surface area contributed by atoms with Gasteiger partial charge < -0.3 is 29.5 Å². The van der Waals surface area contributed by atoms with Crippen LogP contribution in [-0.4, -0.2) is 65.8 Å². The van der Waals surface area contributed by atoms with Crippen molar-refractivity contribution in [1.82, 2.24) is 0 Å². The molecule has 0 saturated heterocycles. The van der Waals surface area contributed by atoms with Crippen LogP contribution in [0.4, 0.5) is 0 Å². The Balaban J connectivity index is 6.06. The Kier molecular flexibility index (Phi) is 8.92. The summed E-state index contributed by atoms with van der Waals surface area (Å²) in [6, 6.07) is 0. The molecule has 0 aromatic heterocycles. The molecule has 0 fully saturated rings. The van der Waals surface area contributed by atoms with Crippen molar-refractivity contribution in [2.75, 3.05) is 26.4 Å². The Hall–Kier alpha value is -0.240. The van der Waals surface area contributed by atoms with Crippen molar-refractivity contribution in [3.05, 3.63) is 0 Å². The van der Waals surface area contributed by atoms with Crippen LogP contribution in [0.1, 0.15) is 41.5 Å². The second-order valence-corrected chi connectivity index (χ2v) is 5.22. The third-order valence-electron chi connectivity index (χ3n) is 3.98. The summed E-state index contributed by atoms with van der Waals surface area (Å²) in [6.45, 7) is 11.0. The molecule has 0 aliphatic heterocycles. The molecule has 0 bridgehead atoms. The summed E-state index contributed by atoms with van der Waals surface area (Å²) in [5, 5.41) is 31.1. The van der Waals surface area contributed by atoms with Gasteiger partial charge in [0.1, 0.15) is 12.0 Å². The summed E-state index contributed by atoms with van der Waals surface area (Å²) in [7, 11) is 0. The van der Waals surface area contributed by atoms with Crippen LogP contribution in [0.5, 0.6) is 0 Å². The molecule has 0 radical (unpaired) electrons. The highest BCUT2D eigenvalue weighted by Crippen LogP contribution is 2.45. The Labute approximate surface area is 128 Å². The van der Waals surface area contributed by atoms with Crippen LogP contribution in [0.25, 0.3) is 0 Å². The highest BCUT2D eigenvalue weighted by Gasteiger charge is 2.62. The van der Waals surface area contributed by atoms with Crippen LogP contribution in [0.15, 0.2) is 0 Å². The van der Waals surface area contributed by atoms with Crippen molar-refractivity contribution in [2.45, 2.75) is 65.6 Å². The van der Waals surface area contributed by atoms with E-state index in [-0.39, 0.29) is 6.61 Å². The molecule has 3 atom stereocenters. The molecule has 0 aromatic rings. The summed E-state index contributed by atoms with van der Waals surface area (Å²) >= 11 is 0. The standard InChI is InChI=1S/C15H32O6/c1-7-19-10-14(20-8-2,21-9-3)15(11(4)16,12(5)17)13(6)18/h11-13,16-18H,7-10H2,1-6H3. The minimum absolute atomic E-state index is 0.00583. The minimum Gasteiger partial charge on any atom is -0.392 e. The first kappa shape index (κ1) is 20.8. The first-order valence-electron chi connectivity index (χ1n) is 7.66. The second kappa shape index (κ2) is 9.02. The van der Waals surface area contributed by atoms with E-state index in [0.29, 0.717) is 19.8 Å². The van der Waals surface area contributed by atoms with Gasteiger partial charge in [0.15, 0.2) is 0 Å². The number of hydrogen-bond donors (Lipinski definition) is 3. The predicted molar refractivity (Wildman–Crippen MR) is 80.0 cm³/mol. The summed E-state index contributed by atoms with van der Waals surface area (Å²) in [6.07, 6.45) is -3.22. The zero-order valence-electron chi connectivity index (χ0n) is 14.1. The van der Waals surface area contributed by atoms with Gasteiger partial charge in [0.2, 0.25) is 5.79 Å². The number of hydrogen-bond acceptors (Lipinski definition) is 6. The van der Waals surface area contributed by atoms with E-state index in [9.17, 15) is 15.3 Å². The van der Waals surface area contributed by atoms with Gasteiger partial charge in [-0.05, 0) is 41.5 Å². The Morgan fingerprint density at radius 3 is 1.38 bits per heavy atom. The molecule has 0 aliphatic carbocycles. The van der Waals surface area contributed by atoms with E-state index in [1.54, 1.807) is 13.8 Å². The maximum absolute atomic E-state index is 10.4. The average Bonchev–Trinajstić information content (AvgIpc) is 2.36. The number of aliphatic hydroxyl groups is 3. The molecular weight excluding hydrogens is 276 g/mol. The van der Waals surface area contributed by atoms with Gasteiger partial charge in [-0.15, -0.1) is 0 Å². The smallest absolute Gasteiger partial charge is 0.205 e. The molecule has 0 amide bonds. The van der Waals surface area contributed by atoms with Crippen molar-refractivity contribution in [3.8, 4) is 0 Å². The van der Waals surface area contributed by atoms with Gasteiger partial charge in [-0.3, -0.25) is 0 Å². The third-order valence-corrected chi connectivity index (χ3v) is 3.98. The van der Waals surface area contributed by atoms with Crippen LogP contribution in [0.3, 0.4) is 0 Å². The van der Waals surface area contributed by atoms with E-state index < -0.39 is 29.5 Å². The SMILES string of the molecule is CCOCC(OCC)(OCC)C(C(C)O)(C(C)O)C(C)O. The lowest BCUT2D eigenvalue weighted by molar-refractivity contribution is -0.366. The van der Waals surface area contributed by atoms with Gasteiger partial charge >= 0.3 is 0 Å². The zero-order valence-corrected chi connectivity index (χ0v) is 14.1. The lowest BCUT2D eigenvalue weighted by atomic mass is 9.66. The van der Waals surface area contributed by atoms with E-state index in [1.807, 2.05) is 6.92 Å². The third kappa shape index (κ3) is 3.94. The molecule has 0 spiro atoms. The molecule has 0 aliphatic rings. The maximum atomic E-state index is 10.4. The van der Waals surface area contributed by atoms with Crippen LogP contribution < -0.4 is 0 Å². The molecule has 0 aromatic carbocycles. The Morgan fingerprint density at radius 2 is 1.14 bits per heavy atom. The summed E-state index contributed by atoms with van der Waals surface area (Å²) in [4.78, 5) is 0. The van der Waals surface area contributed by atoms with Gasteiger partial charge in [0.05, 0.1) is 18.3 Å². The number of rotatable bonds is 11. The van der Waals surface area contributed by atoms with E-state index in [2.05, 4.69) is 0 Å². The fourth-order valence-corrected chi connectivity index (χ4v) is 3.20. The zero-order chi connectivity index (χ0) is 16.7. The van der Waals surface area contributed by atoms with Crippen molar-refractivity contribution in [2.24, 2.45) is 5.41 Å². The molecule has 3 N–H and O–H groups in total. The molecule has 0 rings (SSSR count). The quantitative estimate of drug-likeness (QED) is 0.492. The topological polar surface area (TPSA) is 88.4 Å². The second-order valence-electron chi connectivity index (χ2n) is 5.22. The van der Waals surface area contributed by atoms with Gasteiger partial charge in [-0.2, -0.15) is 0 Å². The van der Waals surface area contributed by atoms with Crippen molar-refractivity contribution < 1.29 is 29.5 Å². The lowest BCUT2D eigenvalue weighted by Gasteiger charge is -2.53. The highest BCUT2D eigenvalue weighted by atomic mass is 16.7. The molecule has 6 heteroatoms. The van der Waals surface area contributed by atoms with E-state index >= 15 is 0 Å². The van der Waals surface area contributed by atoms with E-state index in [1.165, 1.54) is 20.8 Å². The van der Waals surface area contributed by atoms with Gasteiger partial charge in [-0.1, -0.05) is 0 Å². The Bertz CT molecular complexity index is 250. The first-order chi connectivity index (χ1) is 9.76. The minimum atomic E-state index is -1.44. The monoisotopic (exact) mass is 308 g/mol. The fourth-order valence-electron chi connectivity index (χ4n) is 3.20. The van der Waals surface area contributed by atoms with Crippen LogP contribution >= 0.6 is 0 Å². The van der Waals surface area contributed by atoms with Gasteiger partial charge in [0, 0.05) is 19.8 Å². The summed E-state index contributed by atoms with van der Waals surface area (Å²) < 4.78 is 17.1. The predicted octanol–water partition coefficient (Wildman–Crippen LogP) is 0.921. The molecule has 128 valence electrons. The van der Waals surface area contributed by atoms with Crippen LogP contribution in [0.2, 0.25) is 0 Å². The van der Waals surface area contributed by atoms with Crippen molar-refractivity contribution in [3.63, 3.8) is 0 Å². The summed E-state index contributed by atoms with van der Waals surface area (Å²) in [5.74, 6) is -1.44. The van der Waals surface area contributed by atoms with Crippen LogP contribution in [-0.2, 0) is 14.2 Å². The number of ether oxygens (including phenoxy) is 3. The van der Waals surface area contributed by atoms with Gasteiger partial charge in [0.25, 0.3) is 0 Å². The molecular formula is C15H32O6. The largest absolute Gasteiger partial charge is 0.392 e. The van der Waals surface area contributed by atoms with Crippen molar-refractivity contribution in [1.29, 1.82) is 0 Å². The normalized spacial score (nSPS) is 19.9. The van der Waals surface area contributed by atoms with Gasteiger partial charge in [-0.25, -0.2) is 0 Å².